The number of carbonyl (C=O) groups is 2. The van der Waals surface area contributed by atoms with E-state index >= 15 is 0 Å². The highest BCUT2D eigenvalue weighted by molar-refractivity contribution is 6.12. The van der Waals surface area contributed by atoms with Crippen LogP contribution in [0.15, 0.2) is 54.6 Å². The molecular formula is C20H19NO4. The van der Waals surface area contributed by atoms with Crippen LogP contribution in [0.2, 0.25) is 0 Å². The number of hydrogen-bond donors (Lipinski definition) is 0. The lowest BCUT2D eigenvalue weighted by atomic mass is 9.81. The van der Waals surface area contributed by atoms with Gasteiger partial charge < -0.3 is 9.47 Å². The van der Waals surface area contributed by atoms with Crippen molar-refractivity contribution in [1.82, 2.24) is 4.90 Å². The zero-order valence-corrected chi connectivity index (χ0v) is 13.8. The summed E-state index contributed by atoms with van der Waals surface area (Å²) in [4.78, 5) is 27.6. The number of benzene rings is 2. The largest absolute Gasteiger partial charge is 0.379 e. The molecule has 1 fully saturated rings. The number of carbonyl (C=O) groups excluding carboxylic acids is 2. The van der Waals surface area contributed by atoms with Gasteiger partial charge in [-0.25, -0.2) is 0 Å². The highest BCUT2D eigenvalue weighted by Crippen LogP contribution is 2.40. The number of imide groups is 1. The van der Waals surface area contributed by atoms with E-state index in [1.807, 2.05) is 48.5 Å². The number of nitrogens with zero attached hydrogens (tertiary/aromatic N) is 1. The summed E-state index contributed by atoms with van der Waals surface area (Å²) in [6, 6.07) is 16.7. The predicted molar refractivity (Wildman–Crippen MR) is 90.8 cm³/mol. The lowest BCUT2D eigenvalue weighted by molar-refractivity contribution is -0.159. The number of fused-ring (bicyclic) bond motifs is 2. The summed E-state index contributed by atoms with van der Waals surface area (Å²) in [7, 11) is 0. The Bertz CT molecular complexity index is 794. The molecular weight excluding hydrogens is 318 g/mol. The van der Waals surface area contributed by atoms with Crippen molar-refractivity contribution in [2.45, 2.75) is 18.6 Å². The summed E-state index contributed by atoms with van der Waals surface area (Å²) in [5.74, 6) is -0.575. The first kappa shape index (κ1) is 16.0. The Morgan fingerprint density at radius 1 is 0.920 bits per heavy atom. The lowest BCUT2D eigenvalue weighted by Crippen LogP contribution is -2.55. The molecule has 2 aliphatic heterocycles. The maximum atomic E-state index is 13.4. The highest BCUT2D eigenvalue weighted by Gasteiger charge is 2.52. The summed E-state index contributed by atoms with van der Waals surface area (Å²) < 4.78 is 11.5. The maximum absolute atomic E-state index is 13.4. The molecule has 4 rings (SSSR count). The van der Waals surface area contributed by atoms with E-state index in [4.69, 9.17) is 9.47 Å². The summed E-state index contributed by atoms with van der Waals surface area (Å²) >= 11 is 0. The van der Waals surface area contributed by atoms with E-state index in [1.165, 1.54) is 4.90 Å². The van der Waals surface area contributed by atoms with Crippen molar-refractivity contribution >= 4 is 11.8 Å². The van der Waals surface area contributed by atoms with E-state index in [0.29, 0.717) is 37.4 Å². The van der Waals surface area contributed by atoms with Gasteiger partial charge in [0.05, 0.1) is 26.4 Å². The molecule has 2 aromatic rings. The van der Waals surface area contributed by atoms with Crippen LogP contribution >= 0.6 is 0 Å². The molecule has 0 aliphatic carbocycles. The Hall–Kier alpha value is -2.50. The third kappa shape index (κ3) is 2.65. The van der Waals surface area contributed by atoms with Gasteiger partial charge in [-0.05, 0) is 11.6 Å². The van der Waals surface area contributed by atoms with Crippen LogP contribution in [0.25, 0.3) is 0 Å². The topological polar surface area (TPSA) is 55.8 Å². The van der Waals surface area contributed by atoms with E-state index in [-0.39, 0.29) is 18.4 Å². The second kappa shape index (κ2) is 6.43. The minimum atomic E-state index is -1.14. The number of amides is 2. The van der Waals surface area contributed by atoms with Gasteiger partial charge >= 0.3 is 0 Å². The molecule has 2 aromatic carbocycles. The molecule has 0 radical (unpaired) electrons. The van der Waals surface area contributed by atoms with Crippen LogP contribution in [0, 0.1) is 0 Å². The zero-order chi connectivity index (χ0) is 17.3. The van der Waals surface area contributed by atoms with Crippen LogP contribution in [-0.2, 0) is 26.4 Å². The molecule has 0 saturated carbocycles. The third-order valence-electron chi connectivity index (χ3n) is 4.79. The van der Waals surface area contributed by atoms with Crippen LogP contribution in [-0.4, -0.2) is 36.5 Å². The summed E-state index contributed by atoms with van der Waals surface area (Å²) in [6.45, 7) is 1.43. The van der Waals surface area contributed by atoms with Gasteiger partial charge in [0.25, 0.3) is 11.8 Å². The molecule has 0 aromatic heterocycles. The quantitative estimate of drug-likeness (QED) is 0.790. The van der Waals surface area contributed by atoms with Crippen LogP contribution < -0.4 is 0 Å². The molecule has 5 nitrogen and oxygen atoms in total. The molecule has 25 heavy (non-hydrogen) atoms. The van der Waals surface area contributed by atoms with Gasteiger partial charge in [0.2, 0.25) is 0 Å². The van der Waals surface area contributed by atoms with Crippen molar-refractivity contribution in [2.24, 2.45) is 0 Å². The Balaban J connectivity index is 1.80. The van der Waals surface area contributed by atoms with Gasteiger partial charge in [0.1, 0.15) is 0 Å². The van der Waals surface area contributed by atoms with Gasteiger partial charge in [-0.15, -0.1) is 0 Å². The van der Waals surface area contributed by atoms with E-state index in [1.54, 1.807) is 6.07 Å². The minimum absolute atomic E-state index is 0.235. The van der Waals surface area contributed by atoms with Crippen molar-refractivity contribution in [3.05, 3.63) is 71.3 Å². The monoisotopic (exact) mass is 337 g/mol. The highest BCUT2D eigenvalue weighted by atomic mass is 16.6. The third-order valence-corrected chi connectivity index (χ3v) is 4.79. The SMILES string of the molecule is O=C1c2ccccc2C2(CCOCCO2)C(=O)N1Cc1ccccc1. The fourth-order valence-corrected chi connectivity index (χ4v) is 3.55. The van der Waals surface area contributed by atoms with Gasteiger partial charge in [-0.1, -0.05) is 48.5 Å². The van der Waals surface area contributed by atoms with Gasteiger partial charge in [0.15, 0.2) is 5.60 Å². The first-order valence-electron chi connectivity index (χ1n) is 8.44. The fourth-order valence-electron chi connectivity index (χ4n) is 3.55. The molecule has 2 amide bonds. The zero-order valence-electron chi connectivity index (χ0n) is 13.8. The standard InChI is InChI=1S/C20H19NO4/c22-18-16-8-4-5-9-17(16)20(10-11-24-12-13-25-20)19(23)21(18)14-15-6-2-1-3-7-15/h1-9H,10-14H2. The van der Waals surface area contributed by atoms with Crippen LogP contribution in [0.4, 0.5) is 0 Å². The first-order chi connectivity index (χ1) is 12.2. The average Bonchev–Trinajstić information content (AvgIpc) is 2.92. The summed E-state index contributed by atoms with van der Waals surface area (Å²) in [6.07, 6.45) is 0.404. The molecule has 2 heterocycles. The summed E-state index contributed by atoms with van der Waals surface area (Å²) in [5, 5.41) is 0. The maximum Gasteiger partial charge on any atom is 0.266 e. The lowest BCUT2D eigenvalue weighted by Gasteiger charge is -2.40. The van der Waals surface area contributed by atoms with Crippen molar-refractivity contribution < 1.29 is 19.1 Å². The smallest absolute Gasteiger partial charge is 0.266 e. The molecule has 5 heteroatoms. The van der Waals surface area contributed by atoms with Crippen LogP contribution in [0.5, 0.6) is 0 Å². The Labute approximate surface area is 146 Å². The minimum Gasteiger partial charge on any atom is -0.379 e. The Morgan fingerprint density at radius 2 is 1.68 bits per heavy atom. The average molecular weight is 337 g/mol. The van der Waals surface area contributed by atoms with Crippen molar-refractivity contribution in [3.63, 3.8) is 0 Å². The van der Waals surface area contributed by atoms with E-state index in [9.17, 15) is 9.59 Å². The van der Waals surface area contributed by atoms with Crippen molar-refractivity contribution in [2.75, 3.05) is 19.8 Å². The second-order valence-corrected chi connectivity index (χ2v) is 6.27. The fraction of sp³-hybridized carbons (Fsp3) is 0.300. The van der Waals surface area contributed by atoms with Crippen molar-refractivity contribution in [1.29, 1.82) is 0 Å². The molecule has 128 valence electrons. The molecule has 1 spiro atoms. The van der Waals surface area contributed by atoms with Gasteiger partial charge in [-0.3, -0.25) is 14.5 Å². The Kier molecular flexibility index (Phi) is 4.11. The molecule has 2 aliphatic rings. The molecule has 0 bridgehead atoms. The number of hydrogen-bond acceptors (Lipinski definition) is 4. The number of ether oxygens (including phenoxy) is 2. The second-order valence-electron chi connectivity index (χ2n) is 6.27. The summed E-state index contributed by atoms with van der Waals surface area (Å²) in [5.41, 5.74) is 0.943. The van der Waals surface area contributed by atoms with E-state index in [0.717, 1.165) is 5.56 Å². The van der Waals surface area contributed by atoms with E-state index < -0.39 is 5.60 Å². The van der Waals surface area contributed by atoms with Gasteiger partial charge in [-0.2, -0.15) is 0 Å². The predicted octanol–water partition coefficient (Wildman–Crippen LogP) is 2.50. The van der Waals surface area contributed by atoms with Crippen LogP contribution in [0.1, 0.15) is 27.9 Å². The molecule has 1 saturated heterocycles. The normalized spacial score (nSPS) is 23.4. The molecule has 1 atom stereocenters. The van der Waals surface area contributed by atoms with E-state index in [2.05, 4.69) is 0 Å². The Morgan fingerprint density at radius 3 is 2.52 bits per heavy atom. The molecule has 0 N–H and O–H groups in total. The first-order valence-corrected chi connectivity index (χ1v) is 8.44. The van der Waals surface area contributed by atoms with Crippen molar-refractivity contribution in [3.8, 4) is 0 Å². The van der Waals surface area contributed by atoms with Gasteiger partial charge in [0, 0.05) is 17.5 Å². The van der Waals surface area contributed by atoms with Crippen LogP contribution in [0.3, 0.4) is 0 Å². The molecule has 1 unspecified atom stereocenters. The number of rotatable bonds is 2.